The average Bonchev–Trinajstić information content (AvgIpc) is 2.89. The molecule has 1 heterocycles. The molecule has 1 aliphatic rings. The van der Waals surface area contributed by atoms with Crippen LogP contribution in [0.2, 0.25) is 0 Å². The summed E-state index contributed by atoms with van der Waals surface area (Å²) in [5.41, 5.74) is 1.17. The van der Waals surface area contributed by atoms with E-state index < -0.39 is 0 Å². The predicted molar refractivity (Wildman–Crippen MR) is 136 cm³/mol. The molecule has 7 nitrogen and oxygen atoms in total. The van der Waals surface area contributed by atoms with Crippen molar-refractivity contribution in [3.8, 4) is 17.2 Å². The van der Waals surface area contributed by atoms with E-state index in [1.165, 1.54) is 0 Å². The van der Waals surface area contributed by atoms with Crippen molar-refractivity contribution in [2.45, 2.75) is 20.8 Å². The standard InChI is InChI=1S/C28H32N2O5/c1-4-33-24-18-21(19-25(34-5-2)26(24)35-6-3)27(31)29-14-16-30(17-15-29)28(32)23-13-9-11-20-10-7-8-12-22(20)23/h7-13,18-19H,4-6,14-17H2,1-3H3. The van der Waals surface area contributed by atoms with Crippen LogP contribution in [0.5, 0.6) is 17.2 Å². The van der Waals surface area contributed by atoms with Crippen LogP contribution in [0.3, 0.4) is 0 Å². The van der Waals surface area contributed by atoms with E-state index in [4.69, 9.17) is 14.2 Å². The number of rotatable bonds is 8. The first kappa shape index (κ1) is 24.4. The lowest BCUT2D eigenvalue weighted by Crippen LogP contribution is -2.50. The lowest BCUT2D eigenvalue weighted by Gasteiger charge is -2.35. The molecule has 0 bridgehead atoms. The minimum Gasteiger partial charge on any atom is -0.490 e. The van der Waals surface area contributed by atoms with Crippen molar-refractivity contribution < 1.29 is 23.8 Å². The predicted octanol–water partition coefficient (Wildman–Crippen LogP) is 4.63. The summed E-state index contributed by atoms with van der Waals surface area (Å²) < 4.78 is 17.3. The van der Waals surface area contributed by atoms with Gasteiger partial charge in [0.1, 0.15) is 0 Å². The van der Waals surface area contributed by atoms with Gasteiger partial charge in [0.05, 0.1) is 19.8 Å². The lowest BCUT2D eigenvalue weighted by molar-refractivity contribution is 0.0536. The summed E-state index contributed by atoms with van der Waals surface area (Å²) in [7, 11) is 0. The highest BCUT2D eigenvalue weighted by atomic mass is 16.5. The third-order valence-electron chi connectivity index (χ3n) is 6.03. The van der Waals surface area contributed by atoms with Crippen LogP contribution < -0.4 is 14.2 Å². The molecule has 3 aromatic rings. The van der Waals surface area contributed by atoms with Crippen molar-refractivity contribution >= 4 is 22.6 Å². The Kier molecular flexibility index (Phi) is 7.75. The number of nitrogens with zero attached hydrogens (tertiary/aromatic N) is 2. The van der Waals surface area contributed by atoms with Gasteiger partial charge in [0, 0.05) is 37.3 Å². The van der Waals surface area contributed by atoms with E-state index in [0.717, 1.165) is 10.8 Å². The van der Waals surface area contributed by atoms with Gasteiger partial charge in [-0.25, -0.2) is 0 Å². The van der Waals surface area contributed by atoms with Crippen molar-refractivity contribution in [3.05, 3.63) is 65.7 Å². The van der Waals surface area contributed by atoms with E-state index in [-0.39, 0.29) is 11.8 Å². The summed E-state index contributed by atoms with van der Waals surface area (Å²) in [5.74, 6) is 1.37. The molecular formula is C28H32N2O5. The number of hydrogen-bond donors (Lipinski definition) is 0. The highest BCUT2D eigenvalue weighted by Gasteiger charge is 2.28. The Morgan fingerprint density at radius 1 is 0.714 bits per heavy atom. The summed E-state index contributed by atoms with van der Waals surface area (Å²) in [5, 5.41) is 1.98. The summed E-state index contributed by atoms with van der Waals surface area (Å²) in [6.07, 6.45) is 0. The average molecular weight is 477 g/mol. The number of benzene rings is 3. The van der Waals surface area contributed by atoms with Crippen molar-refractivity contribution in [2.75, 3.05) is 46.0 Å². The summed E-state index contributed by atoms with van der Waals surface area (Å²) in [4.78, 5) is 30.2. The molecule has 4 rings (SSSR count). The highest BCUT2D eigenvalue weighted by molar-refractivity contribution is 6.07. The first-order valence-electron chi connectivity index (χ1n) is 12.2. The number of fused-ring (bicyclic) bond motifs is 1. The Labute approximate surface area is 206 Å². The maximum atomic E-state index is 13.4. The first-order valence-corrected chi connectivity index (χ1v) is 12.2. The normalized spacial score (nSPS) is 13.6. The fourth-order valence-corrected chi connectivity index (χ4v) is 4.39. The van der Waals surface area contributed by atoms with Crippen LogP contribution >= 0.6 is 0 Å². The minimum absolute atomic E-state index is 0.00719. The lowest BCUT2D eigenvalue weighted by atomic mass is 10.0. The molecule has 0 aliphatic carbocycles. The van der Waals surface area contributed by atoms with Gasteiger partial charge in [0.2, 0.25) is 5.75 Å². The van der Waals surface area contributed by atoms with Gasteiger partial charge in [-0.05, 0) is 49.7 Å². The zero-order chi connectivity index (χ0) is 24.8. The minimum atomic E-state index is -0.118. The Bertz CT molecular complexity index is 1170. The number of carbonyl (C=O) groups excluding carboxylic acids is 2. The second kappa shape index (κ2) is 11.1. The molecule has 7 heteroatoms. The zero-order valence-electron chi connectivity index (χ0n) is 20.6. The largest absolute Gasteiger partial charge is 0.490 e. The van der Waals surface area contributed by atoms with E-state index in [2.05, 4.69) is 0 Å². The van der Waals surface area contributed by atoms with Crippen molar-refractivity contribution in [2.24, 2.45) is 0 Å². The van der Waals surface area contributed by atoms with Gasteiger partial charge < -0.3 is 24.0 Å². The molecule has 35 heavy (non-hydrogen) atoms. The molecule has 0 atom stereocenters. The van der Waals surface area contributed by atoms with Crippen LogP contribution in [0, 0.1) is 0 Å². The maximum Gasteiger partial charge on any atom is 0.254 e. The molecule has 184 valence electrons. The number of hydrogen-bond acceptors (Lipinski definition) is 5. The Hall–Kier alpha value is -3.74. The Balaban J connectivity index is 1.50. The van der Waals surface area contributed by atoms with E-state index in [9.17, 15) is 9.59 Å². The van der Waals surface area contributed by atoms with Gasteiger partial charge in [-0.15, -0.1) is 0 Å². The van der Waals surface area contributed by atoms with E-state index in [0.29, 0.717) is 74.4 Å². The summed E-state index contributed by atoms with van der Waals surface area (Å²) in [6, 6.07) is 17.1. The van der Waals surface area contributed by atoms with E-state index >= 15 is 0 Å². The van der Waals surface area contributed by atoms with Crippen molar-refractivity contribution in [1.29, 1.82) is 0 Å². The third-order valence-corrected chi connectivity index (χ3v) is 6.03. The van der Waals surface area contributed by atoms with Crippen LogP contribution in [-0.2, 0) is 0 Å². The quantitative estimate of drug-likeness (QED) is 0.474. The van der Waals surface area contributed by atoms with Gasteiger partial charge in [-0.2, -0.15) is 0 Å². The second-order valence-corrected chi connectivity index (χ2v) is 8.21. The molecule has 0 N–H and O–H groups in total. The molecule has 0 saturated carbocycles. The monoisotopic (exact) mass is 476 g/mol. The van der Waals surface area contributed by atoms with Crippen LogP contribution in [-0.4, -0.2) is 67.6 Å². The van der Waals surface area contributed by atoms with Crippen LogP contribution in [0.1, 0.15) is 41.5 Å². The molecular weight excluding hydrogens is 444 g/mol. The molecule has 1 aliphatic heterocycles. The second-order valence-electron chi connectivity index (χ2n) is 8.21. The summed E-state index contributed by atoms with van der Waals surface area (Å²) in [6.45, 7) is 8.86. The third kappa shape index (κ3) is 5.19. The molecule has 2 amide bonds. The molecule has 0 radical (unpaired) electrons. The van der Waals surface area contributed by atoms with Gasteiger partial charge in [-0.3, -0.25) is 9.59 Å². The van der Waals surface area contributed by atoms with Gasteiger partial charge in [0.15, 0.2) is 11.5 Å². The van der Waals surface area contributed by atoms with Crippen molar-refractivity contribution in [3.63, 3.8) is 0 Å². The van der Waals surface area contributed by atoms with Gasteiger partial charge in [-0.1, -0.05) is 36.4 Å². The van der Waals surface area contributed by atoms with Crippen LogP contribution in [0.25, 0.3) is 10.8 Å². The number of carbonyl (C=O) groups is 2. The molecule has 0 spiro atoms. The van der Waals surface area contributed by atoms with Crippen LogP contribution in [0.15, 0.2) is 54.6 Å². The molecule has 3 aromatic carbocycles. The van der Waals surface area contributed by atoms with Gasteiger partial charge in [0.25, 0.3) is 11.8 Å². The highest BCUT2D eigenvalue weighted by Crippen LogP contribution is 2.39. The van der Waals surface area contributed by atoms with E-state index in [1.54, 1.807) is 17.0 Å². The summed E-state index contributed by atoms with van der Waals surface area (Å²) >= 11 is 0. The molecule has 0 aromatic heterocycles. The molecule has 1 fully saturated rings. The smallest absolute Gasteiger partial charge is 0.254 e. The number of ether oxygens (including phenoxy) is 3. The number of piperazine rings is 1. The molecule has 1 saturated heterocycles. The fraction of sp³-hybridized carbons (Fsp3) is 0.357. The number of amides is 2. The Morgan fingerprint density at radius 3 is 1.86 bits per heavy atom. The topological polar surface area (TPSA) is 68.3 Å². The maximum absolute atomic E-state index is 13.4. The Morgan fingerprint density at radius 2 is 1.26 bits per heavy atom. The zero-order valence-corrected chi connectivity index (χ0v) is 20.6. The fourth-order valence-electron chi connectivity index (χ4n) is 4.39. The SMILES string of the molecule is CCOc1cc(C(=O)N2CCN(C(=O)c3cccc4ccccc34)CC2)cc(OCC)c1OCC. The van der Waals surface area contributed by atoms with E-state index in [1.807, 2.05) is 68.1 Å². The van der Waals surface area contributed by atoms with Crippen molar-refractivity contribution in [1.82, 2.24) is 9.80 Å². The molecule has 0 unspecified atom stereocenters. The van der Waals surface area contributed by atoms with Crippen LogP contribution in [0.4, 0.5) is 0 Å². The van der Waals surface area contributed by atoms with Gasteiger partial charge >= 0.3 is 0 Å². The first-order chi connectivity index (χ1) is 17.1.